The highest BCUT2D eigenvalue weighted by Gasteiger charge is 1.60. The van der Waals surface area contributed by atoms with E-state index in [2.05, 4.69) is 22.8 Å². The van der Waals surface area contributed by atoms with Crippen LogP contribution in [0.5, 0.6) is 0 Å². The van der Waals surface area contributed by atoms with Gasteiger partial charge in [-0.3, -0.25) is 0 Å². The quantitative estimate of drug-likeness (QED) is 0.423. The minimum absolute atomic E-state index is 0.750. The van der Waals surface area contributed by atoms with Gasteiger partial charge in [-0.05, 0) is 0 Å². The van der Waals surface area contributed by atoms with Gasteiger partial charge in [-0.25, -0.2) is 4.79 Å². The Bertz CT molecular complexity index is 71.3. The molecule has 5 N–H and O–H groups in total. The predicted octanol–water partition coefficient (Wildman–Crippen LogP) is -0.0257. The Hall–Kier alpha value is -1.23. The van der Waals surface area contributed by atoms with Crippen molar-refractivity contribution in [2.24, 2.45) is 11.5 Å². The lowest BCUT2D eigenvalue weighted by Gasteiger charge is -1.62. The number of ether oxygens (including phenoxy) is 1. The Morgan fingerprint density at radius 3 is 1.60 bits per heavy atom. The topological polar surface area (TPSA) is 98.6 Å². The number of aliphatic hydroxyl groups is 1. The first-order valence-corrected chi connectivity index (χ1v) is 2.26. The van der Waals surface area contributed by atoms with Crippen LogP contribution in [0.2, 0.25) is 0 Å². The van der Waals surface area contributed by atoms with Gasteiger partial charge >= 0.3 is 6.03 Å². The number of hydrogen-bond donors (Lipinski definition) is 3. The third-order valence-corrected chi connectivity index (χ3v) is 0. The van der Waals surface area contributed by atoms with Crippen LogP contribution < -0.4 is 11.5 Å². The highest BCUT2D eigenvalue weighted by atomic mass is 16.4. The Labute approximate surface area is 60.3 Å². The molecule has 0 aliphatic rings. The van der Waals surface area contributed by atoms with Crippen molar-refractivity contribution in [1.82, 2.24) is 0 Å². The van der Waals surface area contributed by atoms with E-state index in [4.69, 9.17) is 9.90 Å². The molecule has 0 aliphatic carbocycles. The SMILES string of the molecule is C=CO.COC.NC(N)=O. The van der Waals surface area contributed by atoms with Gasteiger partial charge in [0.25, 0.3) is 0 Å². The van der Waals surface area contributed by atoms with E-state index in [1.54, 1.807) is 14.2 Å². The average Bonchev–Trinajstić information content (AvgIpc) is 1.65. The summed E-state index contributed by atoms with van der Waals surface area (Å²) in [5, 5.41) is 7.33. The van der Waals surface area contributed by atoms with Crippen LogP contribution in [0.15, 0.2) is 12.8 Å². The van der Waals surface area contributed by atoms with Crippen molar-refractivity contribution in [3.8, 4) is 0 Å². The van der Waals surface area contributed by atoms with Crippen LogP contribution in [0.1, 0.15) is 0 Å². The van der Waals surface area contributed by atoms with Crippen LogP contribution in [0.4, 0.5) is 4.79 Å². The molecule has 0 aromatic rings. The number of rotatable bonds is 0. The number of carbonyl (C=O) groups is 1. The second-order valence-corrected chi connectivity index (χ2v) is 0.993. The van der Waals surface area contributed by atoms with E-state index >= 15 is 0 Å². The zero-order valence-electron chi connectivity index (χ0n) is 6.20. The van der Waals surface area contributed by atoms with Crippen molar-refractivity contribution in [3.63, 3.8) is 0 Å². The van der Waals surface area contributed by atoms with E-state index in [0.29, 0.717) is 0 Å². The van der Waals surface area contributed by atoms with Crippen molar-refractivity contribution >= 4 is 6.03 Å². The molecule has 0 fully saturated rings. The van der Waals surface area contributed by atoms with Crippen molar-refractivity contribution in [2.75, 3.05) is 14.2 Å². The molecule has 0 aromatic heterocycles. The lowest BCUT2D eigenvalue weighted by molar-refractivity contribution is 0.256. The summed E-state index contributed by atoms with van der Waals surface area (Å²) in [6.45, 7) is 2.92. The Morgan fingerprint density at radius 2 is 1.60 bits per heavy atom. The van der Waals surface area contributed by atoms with Gasteiger partial charge in [-0.2, -0.15) is 0 Å². The standard InChI is InChI=1S/C2H6O.C2H4O.CH4N2O/c1-3-2;1-2-3;2-1(3)4/h1-2H3;2-3H,1H2;(H4,2,3,4). The normalized spacial score (nSPS) is 5.40. The third kappa shape index (κ3) is 149. The van der Waals surface area contributed by atoms with Crippen molar-refractivity contribution < 1.29 is 14.6 Å². The number of urea groups is 1. The summed E-state index contributed by atoms with van der Waals surface area (Å²) in [4.78, 5) is 9.00. The van der Waals surface area contributed by atoms with Crippen LogP contribution in [0.3, 0.4) is 0 Å². The number of aliphatic hydroxyl groups excluding tert-OH is 1. The first-order valence-electron chi connectivity index (χ1n) is 2.26. The zero-order valence-corrected chi connectivity index (χ0v) is 6.20. The van der Waals surface area contributed by atoms with E-state index in [1.165, 1.54) is 0 Å². The molecule has 0 bridgehead atoms. The molecule has 5 nitrogen and oxygen atoms in total. The van der Waals surface area contributed by atoms with Crippen molar-refractivity contribution in [1.29, 1.82) is 0 Å². The molecular weight excluding hydrogens is 136 g/mol. The summed E-state index contributed by atoms with van der Waals surface area (Å²) in [6.07, 6.45) is 0.750. The summed E-state index contributed by atoms with van der Waals surface area (Å²) in [6, 6.07) is -0.833. The largest absolute Gasteiger partial charge is 0.516 e. The molecule has 0 atom stereocenters. The number of nitrogens with two attached hydrogens (primary N) is 2. The minimum atomic E-state index is -0.833. The summed E-state index contributed by atoms with van der Waals surface area (Å²) in [7, 11) is 3.25. The second kappa shape index (κ2) is 25.1. The first-order chi connectivity index (χ1) is 4.56. The molecule has 0 radical (unpaired) electrons. The number of methoxy groups -OCH3 is 1. The lowest BCUT2D eigenvalue weighted by atomic mass is 11.2. The molecule has 5 heteroatoms. The first kappa shape index (κ1) is 15.9. The van der Waals surface area contributed by atoms with Gasteiger partial charge in [0.05, 0.1) is 6.26 Å². The second-order valence-electron chi connectivity index (χ2n) is 0.993. The maximum atomic E-state index is 9.00. The highest BCUT2D eigenvalue weighted by molar-refractivity contribution is 5.69. The molecule has 0 rings (SSSR count). The fourth-order valence-electron chi connectivity index (χ4n) is 0. The molecular formula is C5H14N2O3. The van der Waals surface area contributed by atoms with Crippen molar-refractivity contribution in [3.05, 3.63) is 12.8 Å². The smallest absolute Gasteiger partial charge is 0.309 e. The Morgan fingerprint density at radius 1 is 1.60 bits per heavy atom. The molecule has 0 spiro atoms. The van der Waals surface area contributed by atoms with Gasteiger partial charge in [0.15, 0.2) is 0 Å². The zero-order chi connectivity index (χ0) is 8.99. The van der Waals surface area contributed by atoms with E-state index in [0.717, 1.165) is 6.26 Å². The molecule has 62 valence electrons. The van der Waals surface area contributed by atoms with Crippen LogP contribution in [0, 0.1) is 0 Å². The van der Waals surface area contributed by atoms with Gasteiger partial charge in [-0.1, -0.05) is 6.58 Å². The molecule has 0 saturated carbocycles. The lowest BCUT2D eigenvalue weighted by Crippen LogP contribution is -2.18. The van der Waals surface area contributed by atoms with Gasteiger partial charge in [0, 0.05) is 14.2 Å². The number of carbonyl (C=O) groups excluding carboxylic acids is 1. The molecule has 0 aliphatic heterocycles. The van der Waals surface area contributed by atoms with E-state index in [9.17, 15) is 0 Å². The maximum Gasteiger partial charge on any atom is 0.309 e. The van der Waals surface area contributed by atoms with Gasteiger partial charge < -0.3 is 21.3 Å². The molecule has 0 heterocycles. The summed E-state index contributed by atoms with van der Waals surface area (Å²) < 4.78 is 4.25. The Kier molecular flexibility index (Phi) is 39.8. The van der Waals surface area contributed by atoms with Crippen molar-refractivity contribution in [2.45, 2.75) is 0 Å². The van der Waals surface area contributed by atoms with E-state index in [1.807, 2.05) is 0 Å². The Balaban J connectivity index is -0.0000000750. The number of hydrogen-bond acceptors (Lipinski definition) is 3. The average molecular weight is 150 g/mol. The molecule has 0 saturated heterocycles. The monoisotopic (exact) mass is 150 g/mol. The third-order valence-electron chi connectivity index (χ3n) is 0. The molecule has 10 heavy (non-hydrogen) atoms. The minimum Gasteiger partial charge on any atom is -0.516 e. The van der Waals surface area contributed by atoms with Gasteiger partial charge in [0.1, 0.15) is 0 Å². The number of amides is 2. The fourth-order valence-corrected chi connectivity index (χ4v) is 0. The van der Waals surface area contributed by atoms with Crippen LogP contribution in [-0.4, -0.2) is 25.4 Å². The maximum absolute atomic E-state index is 9.00. The van der Waals surface area contributed by atoms with Crippen LogP contribution in [0.25, 0.3) is 0 Å². The molecule has 0 aromatic carbocycles. The fraction of sp³-hybridized carbons (Fsp3) is 0.400. The molecule has 0 unspecified atom stereocenters. The van der Waals surface area contributed by atoms with Gasteiger partial charge in [-0.15, -0.1) is 0 Å². The predicted molar refractivity (Wildman–Crippen MR) is 39.5 cm³/mol. The molecule has 2 amide bonds. The van der Waals surface area contributed by atoms with E-state index in [-0.39, 0.29) is 0 Å². The summed E-state index contributed by atoms with van der Waals surface area (Å²) >= 11 is 0. The van der Waals surface area contributed by atoms with Crippen LogP contribution in [-0.2, 0) is 4.74 Å². The summed E-state index contributed by atoms with van der Waals surface area (Å²) in [5.41, 5.74) is 8.50. The number of primary amides is 2. The highest BCUT2D eigenvalue weighted by Crippen LogP contribution is 1.28. The van der Waals surface area contributed by atoms with Gasteiger partial charge in [0.2, 0.25) is 0 Å². The van der Waals surface area contributed by atoms with E-state index < -0.39 is 6.03 Å². The summed E-state index contributed by atoms with van der Waals surface area (Å²) in [5.74, 6) is 0. The van der Waals surface area contributed by atoms with Crippen LogP contribution >= 0.6 is 0 Å².